The van der Waals surface area contributed by atoms with Crippen LogP contribution in [0, 0.1) is 0 Å². The number of carbonyl (C=O) groups excluding carboxylic acids is 1. The largest absolute Gasteiger partial charge is 0.378 e. The molecule has 0 saturated carbocycles. The number of morpholine rings is 1. The molecule has 0 unspecified atom stereocenters. The first-order chi connectivity index (χ1) is 12.1. The second kappa shape index (κ2) is 8.15. The molecule has 6 nitrogen and oxygen atoms in total. The molecule has 1 amide bonds. The Labute approximate surface area is 150 Å². The summed E-state index contributed by atoms with van der Waals surface area (Å²) in [6.45, 7) is 10.2. The number of likely N-dealkylation sites (tertiary alicyclic amines) is 1. The molecule has 3 atom stereocenters. The summed E-state index contributed by atoms with van der Waals surface area (Å²) in [4.78, 5) is 21.6. The zero-order valence-electron chi connectivity index (χ0n) is 15.6. The van der Waals surface area contributed by atoms with E-state index < -0.39 is 0 Å². The number of pyridine rings is 1. The third-order valence-corrected chi connectivity index (χ3v) is 5.46. The number of hydrogen-bond donors (Lipinski definition) is 1. The highest BCUT2D eigenvalue weighted by atomic mass is 16.5. The zero-order valence-corrected chi connectivity index (χ0v) is 15.6. The molecule has 0 bridgehead atoms. The van der Waals surface area contributed by atoms with Gasteiger partial charge < -0.3 is 15.0 Å². The lowest BCUT2D eigenvalue weighted by Gasteiger charge is -2.31. The molecular weight excluding hydrogens is 316 g/mol. The van der Waals surface area contributed by atoms with Crippen molar-refractivity contribution in [2.24, 2.45) is 0 Å². The molecule has 0 aromatic carbocycles. The minimum atomic E-state index is -0.0897. The maximum atomic E-state index is 12.5. The van der Waals surface area contributed by atoms with E-state index in [2.05, 4.69) is 33.9 Å². The lowest BCUT2D eigenvalue weighted by atomic mass is 10.2. The van der Waals surface area contributed by atoms with Crippen molar-refractivity contribution in [3.05, 3.63) is 23.9 Å². The standard InChI is InChI=1S/C19H30N4O2/c1-14-4-5-15(2)23(14)16(3)19(24)21-13-17-6-7-18(20-12-17)22-8-10-25-11-9-22/h6-7,12,14-16H,4-5,8-11,13H2,1-3H3,(H,21,24)/t14-,15+,16-/m1/s1. The summed E-state index contributed by atoms with van der Waals surface area (Å²) >= 11 is 0. The molecule has 2 fully saturated rings. The molecule has 25 heavy (non-hydrogen) atoms. The zero-order chi connectivity index (χ0) is 17.8. The first-order valence-electron chi connectivity index (χ1n) is 9.39. The average Bonchev–Trinajstić information content (AvgIpc) is 2.98. The number of rotatable bonds is 5. The first kappa shape index (κ1) is 18.1. The van der Waals surface area contributed by atoms with Gasteiger partial charge in [-0.15, -0.1) is 0 Å². The summed E-state index contributed by atoms with van der Waals surface area (Å²) in [5.41, 5.74) is 1.03. The predicted molar refractivity (Wildman–Crippen MR) is 98.6 cm³/mol. The summed E-state index contributed by atoms with van der Waals surface area (Å²) in [5, 5.41) is 3.06. The number of aromatic nitrogens is 1. The highest BCUT2D eigenvalue weighted by Crippen LogP contribution is 2.25. The Morgan fingerprint density at radius 3 is 2.56 bits per heavy atom. The number of nitrogens with zero attached hydrogens (tertiary/aromatic N) is 3. The smallest absolute Gasteiger partial charge is 0.237 e. The fraction of sp³-hybridized carbons (Fsp3) is 0.684. The highest BCUT2D eigenvalue weighted by molar-refractivity contribution is 5.81. The third-order valence-electron chi connectivity index (χ3n) is 5.46. The number of ether oxygens (including phenoxy) is 1. The van der Waals surface area contributed by atoms with Crippen LogP contribution in [0.4, 0.5) is 5.82 Å². The summed E-state index contributed by atoms with van der Waals surface area (Å²) in [6.07, 6.45) is 4.20. The Kier molecular flexibility index (Phi) is 5.91. The lowest BCUT2D eigenvalue weighted by molar-refractivity contribution is -0.127. The summed E-state index contributed by atoms with van der Waals surface area (Å²) in [5.74, 6) is 1.07. The summed E-state index contributed by atoms with van der Waals surface area (Å²) in [7, 11) is 0. The van der Waals surface area contributed by atoms with E-state index in [4.69, 9.17) is 4.74 Å². The Balaban J connectivity index is 1.51. The van der Waals surface area contributed by atoms with E-state index in [1.807, 2.05) is 25.3 Å². The van der Waals surface area contributed by atoms with E-state index in [-0.39, 0.29) is 11.9 Å². The SMILES string of the molecule is C[C@@H]1CC[C@H](C)N1[C@H](C)C(=O)NCc1ccc(N2CCOCC2)nc1. The van der Waals surface area contributed by atoms with Crippen molar-refractivity contribution < 1.29 is 9.53 Å². The van der Waals surface area contributed by atoms with Crippen LogP contribution in [0.3, 0.4) is 0 Å². The normalized spacial score (nSPS) is 25.8. The molecule has 1 aromatic heterocycles. The van der Waals surface area contributed by atoms with Crippen molar-refractivity contribution in [2.45, 2.75) is 58.3 Å². The molecule has 3 heterocycles. The molecule has 138 valence electrons. The Morgan fingerprint density at radius 2 is 1.96 bits per heavy atom. The van der Waals surface area contributed by atoms with E-state index in [1.54, 1.807) is 0 Å². The van der Waals surface area contributed by atoms with Gasteiger partial charge in [-0.25, -0.2) is 4.98 Å². The van der Waals surface area contributed by atoms with Crippen LogP contribution in [0.2, 0.25) is 0 Å². The van der Waals surface area contributed by atoms with Crippen LogP contribution in [-0.2, 0) is 16.1 Å². The first-order valence-corrected chi connectivity index (χ1v) is 9.39. The van der Waals surface area contributed by atoms with Crippen LogP contribution in [0.5, 0.6) is 0 Å². The maximum Gasteiger partial charge on any atom is 0.237 e. The Bertz CT molecular complexity index is 561. The minimum absolute atomic E-state index is 0.0897. The monoisotopic (exact) mass is 346 g/mol. The number of amides is 1. The van der Waals surface area contributed by atoms with E-state index >= 15 is 0 Å². The lowest BCUT2D eigenvalue weighted by Crippen LogP contribution is -2.48. The molecule has 0 aliphatic carbocycles. The number of nitrogens with one attached hydrogen (secondary N) is 1. The molecular formula is C19H30N4O2. The van der Waals surface area contributed by atoms with Crippen LogP contribution in [0.1, 0.15) is 39.2 Å². The van der Waals surface area contributed by atoms with Gasteiger partial charge in [-0.1, -0.05) is 6.07 Å². The van der Waals surface area contributed by atoms with E-state index in [1.165, 1.54) is 12.8 Å². The van der Waals surface area contributed by atoms with Gasteiger partial charge in [-0.05, 0) is 45.2 Å². The average molecular weight is 346 g/mol. The molecule has 1 N–H and O–H groups in total. The van der Waals surface area contributed by atoms with Crippen molar-refractivity contribution in [1.82, 2.24) is 15.2 Å². The van der Waals surface area contributed by atoms with Gasteiger partial charge in [0.25, 0.3) is 0 Å². The topological polar surface area (TPSA) is 57.7 Å². The van der Waals surface area contributed by atoms with Crippen molar-refractivity contribution in [2.75, 3.05) is 31.2 Å². The van der Waals surface area contributed by atoms with Crippen molar-refractivity contribution in [1.29, 1.82) is 0 Å². The number of hydrogen-bond acceptors (Lipinski definition) is 5. The Hall–Kier alpha value is -1.66. The predicted octanol–water partition coefficient (Wildman–Crippen LogP) is 1.80. The quantitative estimate of drug-likeness (QED) is 0.881. The molecule has 6 heteroatoms. The molecule has 2 aliphatic heterocycles. The molecule has 0 radical (unpaired) electrons. The van der Waals surface area contributed by atoms with Gasteiger partial charge in [0.15, 0.2) is 0 Å². The minimum Gasteiger partial charge on any atom is -0.378 e. The van der Waals surface area contributed by atoms with Gasteiger partial charge in [0, 0.05) is 37.9 Å². The van der Waals surface area contributed by atoms with E-state index in [0.717, 1.165) is 37.7 Å². The number of anilines is 1. The van der Waals surface area contributed by atoms with Gasteiger partial charge >= 0.3 is 0 Å². The van der Waals surface area contributed by atoms with Crippen LogP contribution >= 0.6 is 0 Å². The van der Waals surface area contributed by atoms with Gasteiger partial charge in [-0.3, -0.25) is 9.69 Å². The van der Waals surface area contributed by atoms with Crippen LogP contribution in [0.15, 0.2) is 18.3 Å². The maximum absolute atomic E-state index is 12.5. The van der Waals surface area contributed by atoms with E-state index in [0.29, 0.717) is 18.6 Å². The van der Waals surface area contributed by atoms with Crippen LogP contribution in [0.25, 0.3) is 0 Å². The second-order valence-corrected chi connectivity index (χ2v) is 7.24. The van der Waals surface area contributed by atoms with Crippen molar-refractivity contribution in [3.63, 3.8) is 0 Å². The highest BCUT2D eigenvalue weighted by Gasteiger charge is 2.34. The molecule has 2 aliphatic rings. The third kappa shape index (κ3) is 4.30. The second-order valence-electron chi connectivity index (χ2n) is 7.24. The van der Waals surface area contributed by atoms with E-state index in [9.17, 15) is 4.79 Å². The van der Waals surface area contributed by atoms with Crippen LogP contribution in [-0.4, -0.2) is 60.2 Å². The fourth-order valence-corrected chi connectivity index (χ4v) is 3.95. The Morgan fingerprint density at radius 1 is 1.28 bits per heavy atom. The van der Waals surface area contributed by atoms with Gasteiger partial charge in [-0.2, -0.15) is 0 Å². The number of carbonyl (C=O) groups is 1. The van der Waals surface area contributed by atoms with Crippen molar-refractivity contribution in [3.8, 4) is 0 Å². The van der Waals surface area contributed by atoms with Gasteiger partial charge in [0.05, 0.1) is 19.3 Å². The summed E-state index contributed by atoms with van der Waals surface area (Å²) in [6, 6.07) is 4.94. The van der Waals surface area contributed by atoms with Crippen molar-refractivity contribution >= 4 is 11.7 Å². The van der Waals surface area contributed by atoms with Crippen LogP contribution < -0.4 is 10.2 Å². The molecule has 0 spiro atoms. The van der Waals surface area contributed by atoms with Gasteiger partial charge in [0.2, 0.25) is 5.91 Å². The van der Waals surface area contributed by atoms with Gasteiger partial charge in [0.1, 0.15) is 5.82 Å². The molecule has 1 aromatic rings. The molecule has 2 saturated heterocycles. The molecule has 3 rings (SSSR count). The fourth-order valence-electron chi connectivity index (χ4n) is 3.95. The summed E-state index contributed by atoms with van der Waals surface area (Å²) < 4.78 is 5.37.